The van der Waals surface area contributed by atoms with Crippen molar-refractivity contribution in [3.8, 4) is 11.5 Å². The SMILES string of the molecule is CCOc1cc(CNCCC(O)COC)ccc1OC. The van der Waals surface area contributed by atoms with E-state index in [2.05, 4.69) is 5.32 Å². The molecule has 0 aliphatic heterocycles. The maximum absolute atomic E-state index is 9.53. The molecule has 0 aromatic heterocycles. The van der Waals surface area contributed by atoms with Crippen LogP contribution in [0, 0.1) is 0 Å². The van der Waals surface area contributed by atoms with Crippen LogP contribution in [0.1, 0.15) is 18.9 Å². The van der Waals surface area contributed by atoms with E-state index in [4.69, 9.17) is 14.2 Å². The van der Waals surface area contributed by atoms with Gasteiger partial charge in [0.05, 0.1) is 26.4 Å². The Morgan fingerprint density at radius 3 is 2.70 bits per heavy atom. The molecule has 1 unspecified atom stereocenters. The monoisotopic (exact) mass is 283 g/mol. The summed E-state index contributed by atoms with van der Waals surface area (Å²) < 4.78 is 15.7. The molecule has 1 aromatic rings. The highest BCUT2D eigenvalue weighted by molar-refractivity contribution is 5.42. The highest BCUT2D eigenvalue weighted by atomic mass is 16.5. The zero-order chi connectivity index (χ0) is 14.8. The van der Waals surface area contributed by atoms with E-state index in [1.165, 1.54) is 0 Å². The van der Waals surface area contributed by atoms with Crippen LogP contribution in [0.4, 0.5) is 0 Å². The predicted octanol–water partition coefficient (Wildman–Crippen LogP) is 1.58. The Morgan fingerprint density at radius 1 is 1.25 bits per heavy atom. The third-order valence-corrected chi connectivity index (χ3v) is 2.87. The Labute approximate surface area is 120 Å². The molecule has 5 nitrogen and oxygen atoms in total. The second-order valence-electron chi connectivity index (χ2n) is 4.49. The van der Waals surface area contributed by atoms with Crippen LogP contribution in [-0.2, 0) is 11.3 Å². The lowest BCUT2D eigenvalue weighted by atomic mass is 10.2. The van der Waals surface area contributed by atoms with Gasteiger partial charge in [0.1, 0.15) is 0 Å². The smallest absolute Gasteiger partial charge is 0.161 e. The van der Waals surface area contributed by atoms with Crippen molar-refractivity contribution >= 4 is 0 Å². The fourth-order valence-corrected chi connectivity index (χ4v) is 1.88. The molecule has 1 atom stereocenters. The zero-order valence-corrected chi connectivity index (χ0v) is 12.5. The molecule has 0 radical (unpaired) electrons. The minimum atomic E-state index is -0.414. The highest BCUT2D eigenvalue weighted by Gasteiger charge is 2.06. The first-order valence-electron chi connectivity index (χ1n) is 6.88. The van der Waals surface area contributed by atoms with Crippen LogP contribution in [-0.4, -0.2) is 45.2 Å². The quantitative estimate of drug-likeness (QED) is 0.638. The summed E-state index contributed by atoms with van der Waals surface area (Å²) in [6.07, 6.45) is 0.254. The molecule has 1 rings (SSSR count). The van der Waals surface area contributed by atoms with Crippen molar-refractivity contribution in [1.29, 1.82) is 0 Å². The van der Waals surface area contributed by atoms with Crippen molar-refractivity contribution in [2.45, 2.75) is 26.0 Å². The van der Waals surface area contributed by atoms with Crippen LogP contribution in [0.25, 0.3) is 0 Å². The Hall–Kier alpha value is -1.30. The predicted molar refractivity (Wildman–Crippen MR) is 78.4 cm³/mol. The number of rotatable bonds is 10. The van der Waals surface area contributed by atoms with Crippen molar-refractivity contribution in [2.75, 3.05) is 34.0 Å². The summed E-state index contributed by atoms with van der Waals surface area (Å²) in [5.74, 6) is 1.50. The average molecular weight is 283 g/mol. The molecule has 20 heavy (non-hydrogen) atoms. The van der Waals surface area contributed by atoms with Crippen LogP contribution in [0.5, 0.6) is 11.5 Å². The third-order valence-electron chi connectivity index (χ3n) is 2.87. The molecule has 0 saturated carbocycles. The molecule has 0 aliphatic carbocycles. The number of hydrogen-bond acceptors (Lipinski definition) is 5. The first-order valence-corrected chi connectivity index (χ1v) is 6.88. The Balaban J connectivity index is 2.42. The fraction of sp³-hybridized carbons (Fsp3) is 0.600. The van der Waals surface area contributed by atoms with E-state index in [0.717, 1.165) is 30.2 Å². The van der Waals surface area contributed by atoms with E-state index in [1.54, 1.807) is 14.2 Å². The molecular formula is C15H25NO4. The van der Waals surface area contributed by atoms with E-state index < -0.39 is 6.10 Å². The Kier molecular flexibility index (Phi) is 8.02. The van der Waals surface area contributed by atoms with Gasteiger partial charge in [0.25, 0.3) is 0 Å². The minimum Gasteiger partial charge on any atom is -0.493 e. The van der Waals surface area contributed by atoms with E-state index >= 15 is 0 Å². The van der Waals surface area contributed by atoms with Crippen LogP contribution in [0.2, 0.25) is 0 Å². The van der Waals surface area contributed by atoms with Crippen molar-refractivity contribution in [2.24, 2.45) is 0 Å². The molecule has 114 valence electrons. The van der Waals surface area contributed by atoms with Gasteiger partial charge in [0.15, 0.2) is 11.5 Å². The van der Waals surface area contributed by atoms with Gasteiger partial charge in [-0.3, -0.25) is 0 Å². The topological polar surface area (TPSA) is 60.0 Å². The van der Waals surface area contributed by atoms with E-state index in [1.807, 2.05) is 25.1 Å². The van der Waals surface area contributed by atoms with Crippen LogP contribution in [0.15, 0.2) is 18.2 Å². The first kappa shape index (κ1) is 16.8. The number of ether oxygens (including phenoxy) is 3. The first-order chi connectivity index (χ1) is 9.71. The van der Waals surface area contributed by atoms with Gasteiger partial charge < -0.3 is 24.6 Å². The lowest BCUT2D eigenvalue weighted by Crippen LogP contribution is -2.23. The third kappa shape index (κ3) is 5.77. The highest BCUT2D eigenvalue weighted by Crippen LogP contribution is 2.27. The summed E-state index contributed by atoms with van der Waals surface area (Å²) in [7, 11) is 3.22. The summed E-state index contributed by atoms with van der Waals surface area (Å²) in [6.45, 7) is 4.39. The van der Waals surface area contributed by atoms with Gasteiger partial charge in [-0.05, 0) is 37.6 Å². The molecule has 0 aliphatic rings. The van der Waals surface area contributed by atoms with Crippen LogP contribution < -0.4 is 14.8 Å². The number of nitrogens with one attached hydrogen (secondary N) is 1. The maximum atomic E-state index is 9.53. The second-order valence-corrected chi connectivity index (χ2v) is 4.49. The Bertz CT molecular complexity index is 384. The van der Waals surface area contributed by atoms with Crippen molar-refractivity contribution in [1.82, 2.24) is 5.32 Å². The minimum absolute atomic E-state index is 0.374. The van der Waals surface area contributed by atoms with Gasteiger partial charge in [-0.1, -0.05) is 6.07 Å². The molecular weight excluding hydrogens is 258 g/mol. The number of benzene rings is 1. The van der Waals surface area contributed by atoms with E-state index in [-0.39, 0.29) is 0 Å². The molecule has 0 saturated heterocycles. The summed E-state index contributed by atoms with van der Waals surface area (Å²) in [6, 6.07) is 5.88. The molecule has 0 bridgehead atoms. The lowest BCUT2D eigenvalue weighted by Gasteiger charge is -2.12. The summed E-state index contributed by atoms with van der Waals surface area (Å²) >= 11 is 0. The van der Waals surface area contributed by atoms with Gasteiger partial charge in [-0.15, -0.1) is 0 Å². The fourth-order valence-electron chi connectivity index (χ4n) is 1.88. The number of methoxy groups -OCH3 is 2. The number of hydrogen-bond donors (Lipinski definition) is 2. The van der Waals surface area contributed by atoms with Gasteiger partial charge in [0.2, 0.25) is 0 Å². The maximum Gasteiger partial charge on any atom is 0.161 e. The van der Waals surface area contributed by atoms with Crippen LogP contribution >= 0.6 is 0 Å². The van der Waals surface area contributed by atoms with Crippen molar-refractivity contribution < 1.29 is 19.3 Å². The lowest BCUT2D eigenvalue weighted by molar-refractivity contribution is 0.0594. The largest absolute Gasteiger partial charge is 0.493 e. The van der Waals surface area contributed by atoms with E-state index in [9.17, 15) is 5.11 Å². The molecule has 0 fully saturated rings. The molecule has 0 spiro atoms. The molecule has 2 N–H and O–H groups in total. The van der Waals surface area contributed by atoms with Gasteiger partial charge in [-0.2, -0.15) is 0 Å². The molecule has 5 heteroatoms. The van der Waals surface area contributed by atoms with Crippen molar-refractivity contribution in [3.63, 3.8) is 0 Å². The van der Waals surface area contributed by atoms with Crippen molar-refractivity contribution in [3.05, 3.63) is 23.8 Å². The summed E-state index contributed by atoms with van der Waals surface area (Å²) in [5, 5.41) is 12.8. The summed E-state index contributed by atoms with van der Waals surface area (Å²) in [5.41, 5.74) is 1.12. The Morgan fingerprint density at radius 2 is 2.05 bits per heavy atom. The molecule has 1 aromatic carbocycles. The molecule has 0 amide bonds. The van der Waals surface area contributed by atoms with Gasteiger partial charge in [0, 0.05) is 13.7 Å². The zero-order valence-electron chi connectivity index (χ0n) is 12.5. The van der Waals surface area contributed by atoms with Crippen LogP contribution in [0.3, 0.4) is 0 Å². The van der Waals surface area contributed by atoms with Gasteiger partial charge >= 0.3 is 0 Å². The number of aliphatic hydroxyl groups excluding tert-OH is 1. The number of aliphatic hydroxyl groups is 1. The second kappa shape index (κ2) is 9.58. The van der Waals surface area contributed by atoms with E-state index in [0.29, 0.717) is 19.6 Å². The summed E-state index contributed by atoms with van der Waals surface area (Å²) in [4.78, 5) is 0. The molecule has 0 heterocycles. The van der Waals surface area contributed by atoms with Gasteiger partial charge in [-0.25, -0.2) is 0 Å². The average Bonchev–Trinajstić information content (AvgIpc) is 2.44. The standard InChI is InChI=1S/C15H25NO4/c1-4-20-15-9-12(5-6-14(15)19-3)10-16-8-7-13(17)11-18-2/h5-6,9,13,16-17H,4,7-8,10-11H2,1-3H3. The normalized spacial score (nSPS) is 12.2.